The molecule has 2 heteroatoms. The SMILES string of the molecule is CC(CC#N)C1=CCCC(c2ccncc2)=C1. The Balaban J connectivity index is 2.21. The Morgan fingerprint density at radius 3 is 2.88 bits per heavy atom. The Morgan fingerprint density at radius 1 is 1.41 bits per heavy atom. The normalized spacial score (nSPS) is 16.7. The first kappa shape index (κ1) is 11.6. The molecule has 0 aromatic carbocycles. The van der Waals surface area contributed by atoms with Crippen molar-refractivity contribution in [1.82, 2.24) is 4.98 Å². The predicted octanol–water partition coefficient (Wildman–Crippen LogP) is 3.73. The second-order valence-corrected chi connectivity index (χ2v) is 4.41. The molecular formula is C15H16N2. The van der Waals surface area contributed by atoms with Gasteiger partial charge in [0.15, 0.2) is 0 Å². The van der Waals surface area contributed by atoms with Crippen molar-refractivity contribution >= 4 is 5.57 Å². The van der Waals surface area contributed by atoms with E-state index in [2.05, 4.69) is 30.1 Å². The van der Waals surface area contributed by atoms with Crippen molar-refractivity contribution in [3.63, 3.8) is 0 Å². The van der Waals surface area contributed by atoms with E-state index in [0.29, 0.717) is 12.3 Å². The van der Waals surface area contributed by atoms with Crippen molar-refractivity contribution in [2.75, 3.05) is 0 Å². The van der Waals surface area contributed by atoms with E-state index >= 15 is 0 Å². The lowest BCUT2D eigenvalue weighted by molar-refractivity contribution is 0.710. The summed E-state index contributed by atoms with van der Waals surface area (Å²) in [6.07, 6.45) is 10.9. The Labute approximate surface area is 102 Å². The maximum Gasteiger partial charge on any atom is 0.0628 e. The number of pyridine rings is 1. The minimum Gasteiger partial charge on any atom is -0.265 e. The summed E-state index contributed by atoms with van der Waals surface area (Å²) in [5.74, 6) is 0.331. The van der Waals surface area contributed by atoms with Gasteiger partial charge in [-0.3, -0.25) is 4.98 Å². The molecule has 1 aliphatic carbocycles. The molecule has 1 aromatic rings. The van der Waals surface area contributed by atoms with Crippen LogP contribution in [-0.2, 0) is 0 Å². The van der Waals surface area contributed by atoms with Gasteiger partial charge in [-0.15, -0.1) is 0 Å². The van der Waals surface area contributed by atoms with Crippen molar-refractivity contribution in [3.05, 3.63) is 47.8 Å². The summed E-state index contributed by atoms with van der Waals surface area (Å²) in [5.41, 5.74) is 3.90. The van der Waals surface area contributed by atoms with Gasteiger partial charge in [0, 0.05) is 18.8 Å². The quantitative estimate of drug-likeness (QED) is 0.784. The largest absolute Gasteiger partial charge is 0.265 e. The second kappa shape index (κ2) is 5.45. The first-order valence-corrected chi connectivity index (χ1v) is 5.99. The van der Waals surface area contributed by atoms with E-state index in [1.165, 1.54) is 16.7 Å². The van der Waals surface area contributed by atoms with E-state index in [0.717, 1.165) is 12.8 Å². The molecule has 0 amide bonds. The number of hydrogen-bond acceptors (Lipinski definition) is 2. The maximum atomic E-state index is 8.74. The molecule has 1 atom stereocenters. The topological polar surface area (TPSA) is 36.7 Å². The van der Waals surface area contributed by atoms with E-state index in [1.807, 2.05) is 24.5 Å². The van der Waals surface area contributed by atoms with Crippen molar-refractivity contribution in [2.45, 2.75) is 26.2 Å². The molecule has 86 valence electrons. The third-order valence-corrected chi connectivity index (χ3v) is 3.15. The van der Waals surface area contributed by atoms with Gasteiger partial charge < -0.3 is 0 Å². The molecule has 1 aromatic heterocycles. The van der Waals surface area contributed by atoms with Crippen molar-refractivity contribution < 1.29 is 0 Å². The standard InChI is InChI=1S/C15H16N2/c1-12(5-8-16)14-3-2-4-15(11-14)13-6-9-17-10-7-13/h3,6-7,9-12H,2,4-5H2,1H3. The fourth-order valence-corrected chi connectivity index (χ4v) is 2.12. The minimum absolute atomic E-state index is 0.331. The molecule has 0 spiro atoms. The lowest BCUT2D eigenvalue weighted by atomic mass is 9.88. The Bertz CT molecular complexity index is 477. The highest BCUT2D eigenvalue weighted by molar-refractivity contribution is 5.69. The first-order valence-electron chi connectivity index (χ1n) is 5.99. The highest BCUT2D eigenvalue weighted by atomic mass is 14.6. The molecule has 0 saturated heterocycles. The zero-order valence-corrected chi connectivity index (χ0v) is 10.1. The summed E-state index contributed by atoms with van der Waals surface area (Å²) >= 11 is 0. The van der Waals surface area contributed by atoms with E-state index in [9.17, 15) is 0 Å². The molecule has 17 heavy (non-hydrogen) atoms. The number of allylic oxidation sites excluding steroid dienone is 4. The van der Waals surface area contributed by atoms with Gasteiger partial charge in [-0.2, -0.15) is 5.26 Å². The van der Waals surface area contributed by atoms with E-state index in [1.54, 1.807) is 0 Å². The summed E-state index contributed by atoms with van der Waals surface area (Å²) in [6.45, 7) is 2.11. The van der Waals surface area contributed by atoms with E-state index in [4.69, 9.17) is 5.26 Å². The lowest BCUT2D eigenvalue weighted by Gasteiger charge is -2.17. The molecule has 0 bridgehead atoms. The first-order chi connectivity index (χ1) is 8.31. The highest BCUT2D eigenvalue weighted by Crippen LogP contribution is 2.30. The molecule has 0 radical (unpaired) electrons. The molecule has 1 aliphatic rings. The second-order valence-electron chi connectivity index (χ2n) is 4.41. The van der Waals surface area contributed by atoms with Gasteiger partial charge in [-0.1, -0.05) is 19.1 Å². The van der Waals surface area contributed by atoms with Gasteiger partial charge in [0.25, 0.3) is 0 Å². The molecular weight excluding hydrogens is 208 g/mol. The average Bonchev–Trinajstić information content (AvgIpc) is 2.40. The number of rotatable bonds is 3. The number of hydrogen-bond donors (Lipinski definition) is 0. The van der Waals surface area contributed by atoms with Gasteiger partial charge in [-0.25, -0.2) is 0 Å². The van der Waals surface area contributed by atoms with Crippen LogP contribution in [-0.4, -0.2) is 4.98 Å². The maximum absolute atomic E-state index is 8.74. The van der Waals surface area contributed by atoms with Crippen LogP contribution in [0.1, 0.15) is 31.7 Å². The third kappa shape index (κ3) is 2.82. The van der Waals surface area contributed by atoms with Crippen molar-refractivity contribution in [2.24, 2.45) is 5.92 Å². The van der Waals surface area contributed by atoms with Crippen LogP contribution in [0.5, 0.6) is 0 Å². The summed E-state index contributed by atoms with van der Waals surface area (Å²) < 4.78 is 0. The summed E-state index contributed by atoms with van der Waals surface area (Å²) in [4.78, 5) is 4.04. The Hall–Kier alpha value is -1.88. The Morgan fingerprint density at radius 2 is 2.18 bits per heavy atom. The van der Waals surface area contributed by atoms with Crippen LogP contribution >= 0.6 is 0 Å². The van der Waals surface area contributed by atoms with Gasteiger partial charge in [0.05, 0.1) is 6.07 Å². The monoisotopic (exact) mass is 224 g/mol. The zero-order valence-electron chi connectivity index (χ0n) is 10.1. The van der Waals surface area contributed by atoms with Gasteiger partial charge in [0.2, 0.25) is 0 Å². The number of aromatic nitrogens is 1. The highest BCUT2D eigenvalue weighted by Gasteiger charge is 2.12. The van der Waals surface area contributed by atoms with Crippen molar-refractivity contribution in [3.8, 4) is 6.07 Å². The smallest absolute Gasteiger partial charge is 0.0628 e. The summed E-state index contributed by atoms with van der Waals surface area (Å²) in [5, 5.41) is 8.74. The molecule has 1 unspecified atom stereocenters. The molecule has 2 rings (SSSR count). The fourth-order valence-electron chi connectivity index (χ4n) is 2.12. The van der Waals surface area contributed by atoms with Crippen LogP contribution in [0.25, 0.3) is 5.57 Å². The van der Waals surface area contributed by atoms with E-state index < -0.39 is 0 Å². The van der Waals surface area contributed by atoms with Crippen LogP contribution in [0.4, 0.5) is 0 Å². The lowest BCUT2D eigenvalue weighted by Crippen LogP contribution is -2.01. The van der Waals surface area contributed by atoms with Gasteiger partial charge in [-0.05, 0) is 47.6 Å². The molecule has 0 N–H and O–H groups in total. The molecule has 0 saturated carbocycles. The van der Waals surface area contributed by atoms with Gasteiger partial charge >= 0.3 is 0 Å². The zero-order chi connectivity index (χ0) is 12.1. The predicted molar refractivity (Wildman–Crippen MR) is 68.9 cm³/mol. The van der Waals surface area contributed by atoms with Crippen LogP contribution in [0, 0.1) is 17.2 Å². The van der Waals surface area contributed by atoms with Crippen LogP contribution < -0.4 is 0 Å². The fraction of sp³-hybridized carbons (Fsp3) is 0.333. The molecule has 0 fully saturated rings. The number of nitrogens with zero attached hydrogens (tertiary/aromatic N) is 2. The Kier molecular flexibility index (Phi) is 3.72. The number of nitriles is 1. The minimum atomic E-state index is 0.331. The molecule has 0 aliphatic heterocycles. The van der Waals surface area contributed by atoms with Gasteiger partial charge in [0.1, 0.15) is 0 Å². The van der Waals surface area contributed by atoms with Crippen molar-refractivity contribution in [1.29, 1.82) is 5.26 Å². The summed E-state index contributed by atoms with van der Waals surface area (Å²) in [6, 6.07) is 6.33. The molecule has 1 heterocycles. The van der Waals surface area contributed by atoms with Crippen LogP contribution in [0.2, 0.25) is 0 Å². The van der Waals surface area contributed by atoms with Crippen LogP contribution in [0.15, 0.2) is 42.3 Å². The van der Waals surface area contributed by atoms with E-state index in [-0.39, 0.29) is 0 Å². The third-order valence-electron chi connectivity index (χ3n) is 3.15. The molecule has 2 nitrogen and oxygen atoms in total. The average molecular weight is 224 g/mol. The van der Waals surface area contributed by atoms with Crippen LogP contribution in [0.3, 0.4) is 0 Å². The summed E-state index contributed by atoms with van der Waals surface area (Å²) in [7, 11) is 0.